The lowest BCUT2D eigenvalue weighted by atomic mass is 10.2. The van der Waals surface area contributed by atoms with Gasteiger partial charge in [-0.25, -0.2) is 0 Å². The molecule has 0 aromatic heterocycles. The average Bonchev–Trinajstić information content (AvgIpc) is 1.96. The molecule has 3 N–H and O–H groups in total. The highest BCUT2D eigenvalue weighted by Gasteiger charge is 2.38. The summed E-state index contributed by atoms with van der Waals surface area (Å²) in [6.45, 7) is -0.745. The minimum atomic E-state index is -5.02. The number of aliphatic hydroxyl groups excluding tert-OH is 1. The van der Waals surface area contributed by atoms with Crippen molar-refractivity contribution < 1.29 is 33.0 Å². The zero-order chi connectivity index (χ0) is 11.4. The Morgan fingerprint density at radius 3 is 2.21 bits per heavy atom. The van der Waals surface area contributed by atoms with Crippen molar-refractivity contribution in [3.8, 4) is 0 Å². The summed E-state index contributed by atoms with van der Waals surface area (Å²) in [5, 5.41) is 18.2. The van der Waals surface area contributed by atoms with E-state index in [9.17, 15) is 22.8 Å². The molecule has 0 saturated heterocycles. The highest BCUT2D eigenvalue weighted by Crippen LogP contribution is 2.13. The molecule has 0 radical (unpaired) electrons. The van der Waals surface area contributed by atoms with Gasteiger partial charge in [0.1, 0.15) is 0 Å². The van der Waals surface area contributed by atoms with Gasteiger partial charge in [-0.15, -0.1) is 0 Å². The fraction of sp³-hybridized carbons (Fsp3) is 0.667. The van der Waals surface area contributed by atoms with Crippen molar-refractivity contribution in [2.24, 2.45) is 0 Å². The van der Waals surface area contributed by atoms with Crippen molar-refractivity contribution in [1.82, 2.24) is 5.32 Å². The molecule has 82 valence electrons. The van der Waals surface area contributed by atoms with Crippen LogP contribution in [0.1, 0.15) is 6.42 Å². The third-order valence-electron chi connectivity index (χ3n) is 1.17. The zero-order valence-corrected chi connectivity index (χ0v) is 6.84. The zero-order valence-electron chi connectivity index (χ0n) is 6.84. The highest BCUT2D eigenvalue weighted by atomic mass is 19.4. The predicted octanol–water partition coefficient (Wildman–Crippen LogP) is -0.499. The minimum absolute atomic E-state index is 0.724. The maximum absolute atomic E-state index is 11.6. The fourth-order valence-electron chi connectivity index (χ4n) is 0.584. The van der Waals surface area contributed by atoms with Crippen LogP contribution >= 0.6 is 0 Å². The number of alkyl halides is 3. The van der Waals surface area contributed by atoms with E-state index in [2.05, 4.69) is 0 Å². The summed E-state index contributed by atoms with van der Waals surface area (Å²) in [7, 11) is 0. The van der Waals surface area contributed by atoms with Crippen molar-refractivity contribution in [3.05, 3.63) is 0 Å². The lowest BCUT2D eigenvalue weighted by Crippen LogP contribution is -2.41. The molecule has 0 heterocycles. The van der Waals surface area contributed by atoms with E-state index in [1.165, 1.54) is 5.32 Å². The second kappa shape index (κ2) is 4.80. The lowest BCUT2D eigenvalue weighted by molar-refractivity contribution is -0.174. The van der Waals surface area contributed by atoms with Crippen LogP contribution in [0.2, 0.25) is 0 Å². The number of aliphatic carboxylic acids is 1. The smallest absolute Gasteiger partial charge is 0.471 e. The first kappa shape index (κ1) is 12.7. The Morgan fingerprint density at radius 2 is 1.86 bits per heavy atom. The number of carboxylic acids is 1. The van der Waals surface area contributed by atoms with Crippen molar-refractivity contribution in [1.29, 1.82) is 0 Å². The van der Waals surface area contributed by atoms with Crippen LogP contribution < -0.4 is 5.32 Å². The van der Waals surface area contributed by atoms with Gasteiger partial charge in [-0.2, -0.15) is 13.2 Å². The molecule has 1 amide bonds. The van der Waals surface area contributed by atoms with Crippen molar-refractivity contribution >= 4 is 11.9 Å². The number of rotatable bonds is 4. The summed E-state index contributed by atoms with van der Waals surface area (Å²) in [5.74, 6) is -3.57. The molecule has 0 spiro atoms. The summed E-state index contributed by atoms with van der Waals surface area (Å²) >= 11 is 0. The maximum Gasteiger partial charge on any atom is 0.471 e. The molecular weight excluding hydrogens is 207 g/mol. The first-order chi connectivity index (χ1) is 6.23. The van der Waals surface area contributed by atoms with E-state index >= 15 is 0 Å². The van der Waals surface area contributed by atoms with E-state index in [4.69, 9.17) is 10.2 Å². The summed E-state index contributed by atoms with van der Waals surface area (Å²) in [4.78, 5) is 20.1. The van der Waals surface area contributed by atoms with Crippen LogP contribution in [0.4, 0.5) is 13.2 Å². The summed E-state index contributed by atoms with van der Waals surface area (Å²) in [6.07, 6.45) is -7.28. The first-order valence-electron chi connectivity index (χ1n) is 3.48. The number of carboxylic acid groups (broad SMARTS) is 1. The second-order valence-corrected chi connectivity index (χ2v) is 2.46. The Labute approximate surface area is 76.5 Å². The predicted molar refractivity (Wildman–Crippen MR) is 37.3 cm³/mol. The number of hydrogen-bond donors (Lipinski definition) is 3. The number of carbonyl (C=O) groups is 2. The monoisotopic (exact) mass is 215 g/mol. The van der Waals surface area contributed by atoms with Crippen LogP contribution in [0.5, 0.6) is 0 Å². The fourth-order valence-corrected chi connectivity index (χ4v) is 0.584. The Hall–Kier alpha value is -1.31. The van der Waals surface area contributed by atoms with Gasteiger partial charge in [0.05, 0.1) is 12.5 Å². The van der Waals surface area contributed by atoms with Crippen LogP contribution in [0.25, 0.3) is 0 Å². The third-order valence-corrected chi connectivity index (χ3v) is 1.17. The van der Waals surface area contributed by atoms with Crippen molar-refractivity contribution in [2.45, 2.75) is 18.7 Å². The lowest BCUT2D eigenvalue weighted by Gasteiger charge is -2.10. The molecule has 1 atom stereocenters. The number of hydrogen-bond acceptors (Lipinski definition) is 3. The van der Waals surface area contributed by atoms with E-state index < -0.39 is 37.1 Å². The molecule has 0 saturated carbocycles. The molecule has 0 aliphatic carbocycles. The Bertz CT molecular complexity index is 228. The molecule has 0 aliphatic heterocycles. The van der Waals surface area contributed by atoms with Crippen LogP contribution in [-0.4, -0.2) is 40.9 Å². The number of nitrogens with one attached hydrogen (secondary N) is 1. The highest BCUT2D eigenvalue weighted by molar-refractivity contribution is 5.81. The molecule has 0 bridgehead atoms. The number of amides is 1. The normalized spacial score (nSPS) is 13.4. The molecule has 0 fully saturated rings. The Morgan fingerprint density at radius 1 is 1.36 bits per heavy atom. The number of carbonyl (C=O) groups excluding carboxylic acids is 1. The summed E-state index contributed by atoms with van der Waals surface area (Å²) in [5.41, 5.74) is 0. The molecule has 8 heteroatoms. The van der Waals surface area contributed by atoms with Gasteiger partial charge in [0.2, 0.25) is 0 Å². The maximum atomic E-state index is 11.6. The number of aliphatic hydroxyl groups is 1. The van der Waals surface area contributed by atoms with E-state index in [0.29, 0.717) is 0 Å². The Balaban J connectivity index is 3.84. The quantitative estimate of drug-likeness (QED) is 0.590. The molecule has 0 rings (SSSR count). The topological polar surface area (TPSA) is 86.6 Å². The van der Waals surface area contributed by atoms with Gasteiger partial charge in [0, 0.05) is 6.54 Å². The van der Waals surface area contributed by atoms with E-state index in [0.717, 1.165) is 0 Å². The van der Waals surface area contributed by atoms with Crippen LogP contribution in [0.15, 0.2) is 0 Å². The second-order valence-electron chi connectivity index (χ2n) is 2.46. The van der Waals surface area contributed by atoms with E-state index in [-0.39, 0.29) is 0 Å². The SMILES string of the molecule is O=C(O)C[C@@H](O)CNC(=O)C(F)(F)F. The Kier molecular flexibility index (Phi) is 4.35. The molecule has 0 aromatic rings. The minimum Gasteiger partial charge on any atom is -0.481 e. The molecule has 0 unspecified atom stereocenters. The van der Waals surface area contributed by atoms with Crippen LogP contribution in [-0.2, 0) is 9.59 Å². The van der Waals surface area contributed by atoms with Crippen molar-refractivity contribution in [2.75, 3.05) is 6.54 Å². The largest absolute Gasteiger partial charge is 0.481 e. The first-order valence-corrected chi connectivity index (χ1v) is 3.48. The van der Waals surface area contributed by atoms with Gasteiger partial charge < -0.3 is 15.5 Å². The number of halogens is 3. The summed E-state index contributed by atoms with van der Waals surface area (Å²) < 4.78 is 34.7. The van der Waals surface area contributed by atoms with Gasteiger partial charge in [-0.3, -0.25) is 9.59 Å². The van der Waals surface area contributed by atoms with Gasteiger partial charge in [0.25, 0.3) is 0 Å². The standard InChI is InChI=1S/C6H8F3NO4/c7-6(8,9)5(14)10-2-3(11)1-4(12)13/h3,11H,1-2H2,(H,10,14)(H,12,13)/t3-/m1/s1. The van der Waals surface area contributed by atoms with Crippen LogP contribution in [0, 0.1) is 0 Å². The third kappa shape index (κ3) is 5.36. The van der Waals surface area contributed by atoms with E-state index in [1.54, 1.807) is 0 Å². The van der Waals surface area contributed by atoms with E-state index in [1.807, 2.05) is 0 Å². The van der Waals surface area contributed by atoms with Gasteiger partial charge in [0.15, 0.2) is 0 Å². The molecule has 0 aliphatic rings. The van der Waals surface area contributed by atoms with Crippen molar-refractivity contribution in [3.63, 3.8) is 0 Å². The summed E-state index contributed by atoms with van der Waals surface area (Å²) in [6, 6.07) is 0. The van der Waals surface area contributed by atoms with Crippen LogP contribution in [0.3, 0.4) is 0 Å². The average molecular weight is 215 g/mol. The molecule has 0 aromatic carbocycles. The molecule has 5 nitrogen and oxygen atoms in total. The van der Waals surface area contributed by atoms with Gasteiger partial charge in [-0.05, 0) is 0 Å². The van der Waals surface area contributed by atoms with Gasteiger partial charge in [-0.1, -0.05) is 0 Å². The molecule has 14 heavy (non-hydrogen) atoms. The van der Waals surface area contributed by atoms with Gasteiger partial charge >= 0.3 is 18.1 Å². The molecular formula is C6H8F3NO4.